The summed E-state index contributed by atoms with van der Waals surface area (Å²) in [6, 6.07) is 10.2. The number of rotatable bonds is 1. The van der Waals surface area contributed by atoms with Crippen LogP contribution in [0.25, 0.3) is 11.3 Å². The average molecular weight is 237 g/mol. The lowest BCUT2D eigenvalue weighted by molar-refractivity contribution is 0.590. The van der Waals surface area contributed by atoms with E-state index in [1.165, 1.54) is 11.8 Å². The number of benzene rings is 1. The molecule has 0 aliphatic carbocycles. The first-order valence-electron chi connectivity index (χ1n) is 5.84. The van der Waals surface area contributed by atoms with Crippen LogP contribution in [0.2, 0.25) is 0 Å². The summed E-state index contributed by atoms with van der Waals surface area (Å²) < 4.78 is 0. The predicted octanol–water partition coefficient (Wildman–Crippen LogP) is 3.31. The highest BCUT2D eigenvalue weighted by Gasteiger charge is 2.13. The maximum atomic E-state index is 8.81. The second kappa shape index (κ2) is 4.58. The van der Waals surface area contributed by atoms with Crippen molar-refractivity contribution in [2.45, 2.75) is 26.2 Å². The van der Waals surface area contributed by atoms with E-state index < -0.39 is 0 Å². The van der Waals surface area contributed by atoms with Gasteiger partial charge in [-0.3, -0.25) is 4.98 Å². The van der Waals surface area contributed by atoms with Gasteiger partial charge < -0.3 is 0 Å². The summed E-state index contributed by atoms with van der Waals surface area (Å²) in [5, 5.41) is 8.81. The van der Waals surface area contributed by atoms with Gasteiger partial charge in [-0.2, -0.15) is 5.26 Å². The number of nitriles is 1. The zero-order chi connectivity index (χ0) is 13.2. The first kappa shape index (κ1) is 12.3. The Morgan fingerprint density at radius 2 is 1.72 bits per heavy atom. The van der Waals surface area contributed by atoms with Crippen LogP contribution in [0.3, 0.4) is 0 Å². The van der Waals surface area contributed by atoms with Crippen LogP contribution in [-0.4, -0.2) is 9.97 Å². The van der Waals surface area contributed by atoms with Gasteiger partial charge in [0.05, 0.1) is 18.1 Å². The van der Waals surface area contributed by atoms with Gasteiger partial charge in [-0.25, -0.2) is 4.98 Å². The Balaban J connectivity index is 2.38. The van der Waals surface area contributed by atoms with E-state index in [2.05, 4.69) is 42.9 Å². The Hall–Kier alpha value is -2.21. The van der Waals surface area contributed by atoms with Crippen LogP contribution in [0.4, 0.5) is 0 Å². The number of hydrogen-bond acceptors (Lipinski definition) is 3. The van der Waals surface area contributed by atoms with Gasteiger partial charge in [0.15, 0.2) is 5.69 Å². The smallest absolute Gasteiger partial charge is 0.159 e. The second-order valence-electron chi connectivity index (χ2n) is 5.23. The molecule has 3 heteroatoms. The monoisotopic (exact) mass is 237 g/mol. The molecule has 18 heavy (non-hydrogen) atoms. The van der Waals surface area contributed by atoms with Crippen molar-refractivity contribution < 1.29 is 0 Å². The van der Waals surface area contributed by atoms with Crippen molar-refractivity contribution in [3.05, 3.63) is 47.9 Å². The van der Waals surface area contributed by atoms with Crippen LogP contribution in [0.15, 0.2) is 36.7 Å². The van der Waals surface area contributed by atoms with E-state index in [-0.39, 0.29) is 5.41 Å². The predicted molar refractivity (Wildman–Crippen MR) is 70.9 cm³/mol. The molecule has 1 heterocycles. The van der Waals surface area contributed by atoms with Gasteiger partial charge in [0.1, 0.15) is 6.07 Å². The molecular formula is C15H15N3. The summed E-state index contributed by atoms with van der Waals surface area (Å²) in [4.78, 5) is 8.25. The molecule has 0 saturated carbocycles. The summed E-state index contributed by atoms with van der Waals surface area (Å²) in [7, 11) is 0. The zero-order valence-electron chi connectivity index (χ0n) is 10.8. The maximum absolute atomic E-state index is 8.81. The Morgan fingerprint density at radius 3 is 2.28 bits per heavy atom. The van der Waals surface area contributed by atoms with Crippen molar-refractivity contribution >= 4 is 0 Å². The summed E-state index contributed by atoms with van der Waals surface area (Å²) in [6.45, 7) is 6.54. The molecule has 3 nitrogen and oxygen atoms in total. The van der Waals surface area contributed by atoms with Crippen LogP contribution >= 0.6 is 0 Å². The van der Waals surface area contributed by atoms with Crippen molar-refractivity contribution in [2.24, 2.45) is 0 Å². The first-order chi connectivity index (χ1) is 8.50. The minimum atomic E-state index is 0.138. The maximum Gasteiger partial charge on any atom is 0.159 e. The topological polar surface area (TPSA) is 49.6 Å². The Bertz CT molecular complexity index is 586. The van der Waals surface area contributed by atoms with E-state index in [1.807, 2.05) is 18.2 Å². The summed E-state index contributed by atoms with van der Waals surface area (Å²) in [5.41, 5.74) is 3.46. The van der Waals surface area contributed by atoms with Crippen molar-refractivity contribution in [2.75, 3.05) is 0 Å². The lowest BCUT2D eigenvalue weighted by Crippen LogP contribution is -2.10. The Labute approximate surface area is 107 Å². The van der Waals surface area contributed by atoms with Crippen molar-refractivity contribution in [3.63, 3.8) is 0 Å². The van der Waals surface area contributed by atoms with Gasteiger partial charge in [-0.05, 0) is 11.0 Å². The molecule has 2 rings (SSSR count). The lowest BCUT2D eigenvalue weighted by atomic mass is 9.86. The third kappa shape index (κ3) is 2.54. The third-order valence-corrected chi connectivity index (χ3v) is 2.80. The molecule has 0 atom stereocenters. The highest BCUT2D eigenvalue weighted by atomic mass is 14.8. The largest absolute Gasteiger partial charge is 0.259 e. The van der Waals surface area contributed by atoms with E-state index in [4.69, 9.17) is 5.26 Å². The van der Waals surface area contributed by atoms with Crippen LogP contribution in [0, 0.1) is 11.3 Å². The minimum absolute atomic E-state index is 0.138. The number of hydrogen-bond donors (Lipinski definition) is 0. The van der Waals surface area contributed by atoms with Gasteiger partial charge in [0.25, 0.3) is 0 Å². The molecule has 0 bridgehead atoms. The normalized spacial score (nSPS) is 11.0. The summed E-state index contributed by atoms with van der Waals surface area (Å²) >= 11 is 0. The molecule has 1 aromatic carbocycles. The molecule has 0 aliphatic rings. The first-order valence-corrected chi connectivity index (χ1v) is 5.84. The quantitative estimate of drug-likeness (QED) is 0.764. The van der Waals surface area contributed by atoms with E-state index in [0.717, 1.165) is 11.3 Å². The molecular weight excluding hydrogens is 222 g/mol. The van der Waals surface area contributed by atoms with Gasteiger partial charge in [-0.15, -0.1) is 0 Å². The molecule has 0 fully saturated rings. The van der Waals surface area contributed by atoms with Crippen LogP contribution in [0.5, 0.6) is 0 Å². The van der Waals surface area contributed by atoms with E-state index in [0.29, 0.717) is 5.69 Å². The summed E-state index contributed by atoms with van der Waals surface area (Å²) in [6.07, 6.45) is 3.14. The molecule has 0 aliphatic heterocycles. The van der Waals surface area contributed by atoms with E-state index >= 15 is 0 Å². The lowest BCUT2D eigenvalue weighted by Gasteiger charge is -2.19. The van der Waals surface area contributed by atoms with E-state index in [9.17, 15) is 0 Å². The molecule has 1 aromatic heterocycles. The average Bonchev–Trinajstić information content (AvgIpc) is 2.38. The van der Waals surface area contributed by atoms with Crippen LogP contribution < -0.4 is 0 Å². The van der Waals surface area contributed by atoms with Gasteiger partial charge in [0, 0.05) is 5.56 Å². The molecule has 0 N–H and O–H groups in total. The van der Waals surface area contributed by atoms with Gasteiger partial charge >= 0.3 is 0 Å². The Kier molecular flexibility index (Phi) is 3.12. The number of aromatic nitrogens is 2. The fraction of sp³-hybridized carbons (Fsp3) is 0.267. The molecule has 0 saturated heterocycles. The summed E-state index contributed by atoms with van der Waals surface area (Å²) in [5.74, 6) is 0. The van der Waals surface area contributed by atoms with Crippen LogP contribution in [-0.2, 0) is 5.41 Å². The SMILES string of the molecule is CC(C)(C)c1ccc(-c2cncc(C#N)n2)cc1. The highest BCUT2D eigenvalue weighted by Crippen LogP contribution is 2.25. The van der Waals surface area contributed by atoms with Crippen molar-refractivity contribution in [3.8, 4) is 17.3 Å². The molecule has 2 aromatic rings. The Morgan fingerprint density at radius 1 is 1.06 bits per heavy atom. The second-order valence-corrected chi connectivity index (χ2v) is 5.23. The minimum Gasteiger partial charge on any atom is -0.259 e. The third-order valence-electron chi connectivity index (χ3n) is 2.80. The fourth-order valence-corrected chi connectivity index (χ4v) is 1.70. The zero-order valence-corrected chi connectivity index (χ0v) is 10.8. The fourth-order valence-electron chi connectivity index (χ4n) is 1.70. The molecule has 0 radical (unpaired) electrons. The van der Waals surface area contributed by atoms with Gasteiger partial charge in [-0.1, -0.05) is 45.0 Å². The van der Waals surface area contributed by atoms with E-state index in [1.54, 1.807) is 6.20 Å². The standard InChI is InChI=1S/C15H15N3/c1-15(2,3)12-6-4-11(5-7-12)14-10-17-9-13(8-16)18-14/h4-7,9-10H,1-3H3. The molecule has 0 unspecified atom stereocenters. The van der Waals surface area contributed by atoms with Gasteiger partial charge in [0.2, 0.25) is 0 Å². The number of nitrogens with zero attached hydrogens (tertiary/aromatic N) is 3. The molecule has 0 spiro atoms. The highest BCUT2D eigenvalue weighted by molar-refractivity contribution is 5.59. The van der Waals surface area contributed by atoms with Crippen LogP contribution in [0.1, 0.15) is 32.0 Å². The van der Waals surface area contributed by atoms with Crippen molar-refractivity contribution in [1.29, 1.82) is 5.26 Å². The van der Waals surface area contributed by atoms with Crippen molar-refractivity contribution in [1.82, 2.24) is 9.97 Å². The molecule has 0 amide bonds. The molecule has 90 valence electrons.